The molecule has 1 aliphatic carbocycles. The van der Waals surface area contributed by atoms with Crippen molar-refractivity contribution in [2.24, 2.45) is 5.92 Å². The number of hydrogen-bond donors (Lipinski definition) is 5. The van der Waals surface area contributed by atoms with Crippen LogP contribution in [0.15, 0.2) is 36.5 Å². The summed E-state index contributed by atoms with van der Waals surface area (Å²) in [6.45, 7) is 11.5. The van der Waals surface area contributed by atoms with Gasteiger partial charge in [0.25, 0.3) is 0 Å². The Morgan fingerprint density at radius 2 is 1.78 bits per heavy atom. The van der Waals surface area contributed by atoms with Crippen molar-refractivity contribution >= 4 is 33.3 Å². The number of benzene rings is 1. The molecule has 0 aliphatic heterocycles. The number of pyridine rings is 1. The van der Waals surface area contributed by atoms with Gasteiger partial charge in [0.2, 0.25) is 5.95 Å². The molecule has 0 spiro atoms. The molecule has 3 aromatic heterocycles. The first-order chi connectivity index (χ1) is 19.2. The van der Waals surface area contributed by atoms with E-state index in [0.717, 1.165) is 21.5 Å². The van der Waals surface area contributed by atoms with Crippen LogP contribution >= 0.6 is 11.3 Å². The van der Waals surface area contributed by atoms with Crippen molar-refractivity contribution in [1.29, 1.82) is 0 Å². The van der Waals surface area contributed by atoms with Crippen LogP contribution in [0, 0.1) is 25.6 Å². The van der Waals surface area contributed by atoms with Gasteiger partial charge in [0.15, 0.2) is 0 Å². The standard InChI is InChI=1S/C30H37FN6O3S/c1-15-22(27-36-23-16(2)32-11-10-21(23)41-27)26(35-20-13-19(30(5,6)40)24(38)25(20)39)37-28(34-15)33-14-29(3,4)17-8-7-9-18(31)12-17/h7-12,19-20,24-25,38-40H,13-14H2,1-6H3,(H2,33,34,35,37)/t19-,20?,24+,25-/m0/s1. The van der Waals surface area contributed by atoms with Gasteiger partial charge in [-0.25, -0.2) is 14.4 Å². The number of rotatable bonds is 8. The molecule has 9 nitrogen and oxygen atoms in total. The van der Waals surface area contributed by atoms with Crippen LogP contribution in [0.2, 0.25) is 0 Å². The monoisotopic (exact) mass is 580 g/mol. The molecule has 1 fully saturated rings. The molecular formula is C30H37FN6O3S. The van der Waals surface area contributed by atoms with Gasteiger partial charge in [-0.1, -0.05) is 26.0 Å². The van der Waals surface area contributed by atoms with E-state index >= 15 is 0 Å². The molecule has 5 rings (SSSR count). The van der Waals surface area contributed by atoms with E-state index in [1.807, 2.05) is 39.8 Å². The minimum absolute atomic E-state index is 0.290. The molecule has 11 heteroatoms. The number of anilines is 2. The van der Waals surface area contributed by atoms with Crippen molar-refractivity contribution in [3.05, 3.63) is 59.3 Å². The summed E-state index contributed by atoms with van der Waals surface area (Å²) in [5, 5.41) is 39.6. The average Bonchev–Trinajstić information content (AvgIpc) is 3.45. The normalized spacial score (nSPS) is 21.4. The molecule has 0 saturated heterocycles. The number of hydrogen-bond acceptors (Lipinski definition) is 10. The van der Waals surface area contributed by atoms with Crippen molar-refractivity contribution < 1.29 is 19.7 Å². The lowest BCUT2D eigenvalue weighted by Gasteiger charge is -2.28. The minimum Gasteiger partial charge on any atom is -0.390 e. The second-order valence-corrected chi connectivity index (χ2v) is 13.1. The zero-order chi connectivity index (χ0) is 29.7. The molecule has 1 aromatic carbocycles. The second kappa shape index (κ2) is 10.9. The second-order valence-electron chi connectivity index (χ2n) is 12.1. The van der Waals surface area contributed by atoms with Crippen LogP contribution in [-0.2, 0) is 5.41 Å². The lowest BCUT2D eigenvalue weighted by atomic mass is 9.84. The first-order valence-electron chi connectivity index (χ1n) is 13.7. The highest BCUT2D eigenvalue weighted by molar-refractivity contribution is 7.21. The van der Waals surface area contributed by atoms with E-state index < -0.39 is 35.2 Å². The number of halogens is 1. The summed E-state index contributed by atoms with van der Waals surface area (Å²) >= 11 is 1.50. The number of aliphatic hydroxyl groups excluding tert-OH is 2. The molecule has 4 atom stereocenters. The van der Waals surface area contributed by atoms with Crippen molar-refractivity contribution in [3.63, 3.8) is 0 Å². The Hall–Kier alpha value is -3.25. The Bertz CT molecular complexity index is 1570. The molecule has 0 radical (unpaired) electrons. The van der Waals surface area contributed by atoms with Crippen LogP contribution in [0.1, 0.15) is 51.1 Å². The Morgan fingerprint density at radius 3 is 2.44 bits per heavy atom. The van der Waals surface area contributed by atoms with Crippen LogP contribution < -0.4 is 10.6 Å². The third kappa shape index (κ3) is 5.90. The number of aliphatic hydroxyl groups is 3. The first kappa shape index (κ1) is 29.2. The van der Waals surface area contributed by atoms with Crippen molar-refractivity contribution in [2.75, 3.05) is 17.2 Å². The average molecular weight is 581 g/mol. The number of thiazole rings is 1. The van der Waals surface area contributed by atoms with E-state index in [4.69, 9.17) is 15.0 Å². The summed E-state index contributed by atoms with van der Waals surface area (Å²) in [7, 11) is 0. The maximum Gasteiger partial charge on any atom is 0.224 e. The molecule has 3 heterocycles. The highest BCUT2D eigenvalue weighted by Gasteiger charge is 2.48. The zero-order valence-corrected chi connectivity index (χ0v) is 24.9. The van der Waals surface area contributed by atoms with Crippen molar-refractivity contribution in [1.82, 2.24) is 19.9 Å². The first-order valence-corrected chi connectivity index (χ1v) is 14.5. The van der Waals surface area contributed by atoms with Gasteiger partial charge in [-0.05, 0) is 57.9 Å². The summed E-state index contributed by atoms with van der Waals surface area (Å²) in [6, 6.07) is 7.89. The van der Waals surface area contributed by atoms with Crippen LogP contribution in [0.25, 0.3) is 20.8 Å². The van der Waals surface area contributed by atoms with E-state index in [1.54, 1.807) is 26.1 Å². The fourth-order valence-corrected chi connectivity index (χ4v) is 6.58. The quantitative estimate of drug-likeness (QED) is 0.203. The van der Waals surface area contributed by atoms with E-state index in [1.165, 1.54) is 23.5 Å². The summed E-state index contributed by atoms with van der Waals surface area (Å²) in [5.41, 5.74) is 2.23. The van der Waals surface area contributed by atoms with Crippen molar-refractivity contribution in [3.8, 4) is 10.6 Å². The Balaban J connectivity index is 1.52. The van der Waals surface area contributed by atoms with Crippen LogP contribution in [0.5, 0.6) is 0 Å². The lowest BCUT2D eigenvalue weighted by molar-refractivity contribution is -0.0601. The largest absolute Gasteiger partial charge is 0.390 e. The number of nitrogens with zero attached hydrogens (tertiary/aromatic N) is 4. The predicted octanol–water partition coefficient (Wildman–Crippen LogP) is 4.59. The molecule has 1 saturated carbocycles. The summed E-state index contributed by atoms with van der Waals surface area (Å²) in [5.74, 6) is 0.00815. The summed E-state index contributed by atoms with van der Waals surface area (Å²) in [4.78, 5) is 18.8. The topological polar surface area (TPSA) is 136 Å². The van der Waals surface area contributed by atoms with Gasteiger partial charge in [-0.2, -0.15) is 4.98 Å². The zero-order valence-electron chi connectivity index (χ0n) is 24.1. The summed E-state index contributed by atoms with van der Waals surface area (Å²) < 4.78 is 14.9. The highest BCUT2D eigenvalue weighted by atomic mass is 32.1. The number of nitrogens with one attached hydrogen (secondary N) is 2. The van der Waals surface area contributed by atoms with Gasteiger partial charge >= 0.3 is 0 Å². The van der Waals surface area contributed by atoms with E-state index in [9.17, 15) is 19.7 Å². The minimum atomic E-state index is -1.17. The van der Waals surface area contributed by atoms with Gasteiger partial charge in [0.05, 0.1) is 39.4 Å². The van der Waals surface area contributed by atoms with Crippen LogP contribution in [-0.4, -0.2) is 65.7 Å². The molecular weight excluding hydrogens is 543 g/mol. The van der Waals surface area contributed by atoms with Crippen LogP contribution in [0.4, 0.5) is 16.2 Å². The molecule has 41 heavy (non-hydrogen) atoms. The Morgan fingerprint density at radius 1 is 1.02 bits per heavy atom. The van der Waals surface area contributed by atoms with Gasteiger partial charge in [0, 0.05) is 24.1 Å². The Kier molecular flexibility index (Phi) is 7.75. The third-order valence-corrected chi connectivity index (χ3v) is 9.04. The molecule has 1 aliphatic rings. The van der Waals surface area contributed by atoms with Gasteiger partial charge < -0.3 is 26.0 Å². The molecule has 1 unspecified atom stereocenters. The number of fused-ring (bicyclic) bond motifs is 1. The molecule has 0 amide bonds. The maximum atomic E-state index is 13.9. The summed E-state index contributed by atoms with van der Waals surface area (Å²) in [6.07, 6.45) is -0.116. The molecule has 5 N–H and O–H groups in total. The van der Waals surface area contributed by atoms with E-state index in [2.05, 4.69) is 15.6 Å². The van der Waals surface area contributed by atoms with E-state index in [0.29, 0.717) is 41.0 Å². The third-order valence-electron chi connectivity index (χ3n) is 8.00. The fraction of sp³-hybridized carbons (Fsp3) is 0.467. The molecule has 0 bridgehead atoms. The maximum absolute atomic E-state index is 13.9. The van der Waals surface area contributed by atoms with Gasteiger partial charge in [-0.15, -0.1) is 11.3 Å². The number of aryl methyl sites for hydroxylation is 2. The lowest BCUT2D eigenvalue weighted by Crippen LogP contribution is -2.40. The smallest absolute Gasteiger partial charge is 0.224 e. The highest BCUT2D eigenvalue weighted by Crippen LogP contribution is 2.40. The van der Waals surface area contributed by atoms with E-state index in [-0.39, 0.29) is 5.82 Å². The number of aromatic nitrogens is 4. The predicted molar refractivity (Wildman–Crippen MR) is 160 cm³/mol. The van der Waals surface area contributed by atoms with Crippen molar-refractivity contribution in [2.45, 2.75) is 77.2 Å². The Labute approximate surface area is 242 Å². The molecule has 4 aromatic rings. The SMILES string of the molecule is Cc1nc(NCC(C)(C)c2cccc(F)c2)nc(NC2C[C@H](C(C)(C)O)[C@@H](O)[C@H]2O)c1-c1nc2c(C)nccc2s1. The van der Waals surface area contributed by atoms with Gasteiger partial charge in [-0.3, -0.25) is 4.98 Å². The van der Waals surface area contributed by atoms with Crippen LogP contribution in [0.3, 0.4) is 0 Å². The fourth-order valence-electron chi connectivity index (χ4n) is 5.47. The van der Waals surface area contributed by atoms with Gasteiger partial charge in [0.1, 0.15) is 28.3 Å². The molecule has 218 valence electrons.